The predicted molar refractivity (Wildman–Crippen MR) is 78.2 cm³/mol. The third kappa shape index (κ3) is 3.91. The smallest absolute Gasteiger partial charge is 0.225 e. The predicted octanol–water partition coefficient (Wildman–Crippen LogP) is 3.65. The molecule has 0 atom stereocenters. The topological polar surface area (TPSA) is 42.0 Å². The zero-order chi connectivity index (χ0) is 13.7. The minimum Gasteiger partial charge on any atom is -0.310 e. The zero-order valence-corrected chi connectivity index (χ0v) is 11.8. The number of allylic oxidation sites excluding steroid dienone is 2. The van der Waals surface area contributed by atoms with E-state index in [1.807, 2.05) is 6.20 Å². The molecule has 102 valence electrons. The standard InChI is InChI=1S/C16H22N2O/c1-3-12(2)6-4-5-7-13-10-14-8-9-15(19)18-16(14)17-11-13/h3,10-11H,4-9H2,1-2H3,(H,17,18,19)/b12-3+. The molecule has 0 aliphatic carbocycles. The van der Waals surface area contributed by atoms with E-state index in [-0.39, 0.29) is 5.91 Å². The van der Waals surface area contributed by atoms with Crippen LogP contribution in [-0.4, -0.2) is 10.9 Å². The van der Waals surface area contributed by atoms with Gasteiger partial charge in [-0.1, -0.05) is 17.7 Å². The maximum atomic E-state index is 11.3. The number of aryl methyl sites for hydroxylation is 2. The first-order chi connectivity index (χ1) is 9.19. The molecule has 2 heterocycles. The molecular weight excluding hydrogens is 236 g/mol. The van der Waals surface area contributed by atoms with Gasteiger partial charge >= 0.3 is 0 Å². The molecule has 0 unspecified atom stereocenters. The van der Waals surface area contributed by atoms with E-state index in [0.717, 1.165) is 18.7 Å². The van der Waals surface area contributed by atoms with E-state index in [1.165, 1.54) is 36.0 Å². The second-order valence-electron chi connectivity index (χ2n) is 5.24. The molecule has 3 heteroatoms. The third-order valence-corrected chi connectivity index (χ3v) is 3.68. The minimum atomic E-state index is 0.0783. The van der Waals surface area contributed by atoms with Crippen molar-refractivity contribution in [3.8, 4) is 0 Å². The molecule has 1 amide bonds. The number of fused-ring (bicyclic) bond motifs is 1. The molecule has 0 radical (unpaired) electrons. The molecule has 1 aliphatic rings. The second-order valence-corrected chi connectivity index (χ2v) is 5.24. The van der Waals surface area contributed by atoms with E-state index in [1.54, 1.807) is 0 Å². The highest BCUT2D eigenvalue weighted by Crippen LogP contribution is 2.21. The van der Waals surface area contributed by atoms with Crippen molar-refractivity contribution in [2.45, 2.75) is 52.4 Å². The lowest BCUT2D eigenvalue weighted by Crippen LogP contribution is -2.20. The highest BCUT2D eigenvalue weighted by Gasteiger charge is 2.15. The van der Waals surface area contributed by atoms with Crippen molar-refractivity contribution < 1.29 is 4.79 Å². The fourth-order valence-corrected chi connectivity index (χ4v) is 2.32. The Balaban J connectivity index is 1.87. The van der Waals surface area contributed by atoms with Crippen LogP contribution in [0.25, 0.3) is 0 Å². The average Bonchev–Trinajstić information content (AvgIpc) is 2.43. The normalized spacial score (nSPS) is 15.1. The lowest BCUT2D eigenvalue weighted by atomic mass is 10.0. The largest absolute Gasteiger partial charge is 0.310 e. The van der Waals surface area contributed by atoms with Crippen molar-refractivity contribution in [3.63, 3.8) is 0 Å². The van der Waals surface area contributed by atoms with Crippen LogP contribution in [0.4, 0.5) is 5.82 Å². The van der Waals surface area contributed by atoms with Gasteiger partial charge in [-0.15, -0.1) is 0 Å². The lowest BCUT2D eigenvalue weighted by molar-refractivity contribution is -0.116. The number of pyridine rings is 1. The van der Waals surface area contributed by atoms with Crippen molar-refractivity contribution in [1.82, 2.24) is 4.98 Å². The Kier molecular flexibility index (Phi) is 4.72. The Hall–Kier alpha value is -1.64. The van der Waals surface area contributed by atoms with E-state index >= 15 is 0 Å². The van der Waals surface area contributed by atoms with Gasteiger partial charge in [-0.3, -0.25) is 4.79 Å². The molecule has 0 saturated carbocycles. The van der Waals surface area contributed by atoms with Gasteiger partial charge in [0.05, 0.1) is 0 Å². The summed E-state index contributed by atoms with van der Waals surface area (Å²) in [5, 5.41) is 2.82. The first kappa shape index (κ1) is 13.8. The van der Waals surface area contributed by atoms with Crippen LogP contribution >= 0.6 is 0 Å². The van der Waals surface area contributed by atoms with Gasteiger partial charge < -0.3 is 5.32 Å². The first-order valence-corrected chi connectivity index (χ1v) is 7.08. The van der Waals surface area contributed by atoms with Crippen molar-refractivity contribution in [1.29, 1.82) is 0 Å². The molecular formula is C16H22N2O. The van der Waals surface area contributed by atoms with Gasteiger partial charge in [0.15, 0.2) is 0 Å². The van der Waals surface area contributed by atoms with Crippen molar-refractivity contribution in [3.05, 3.63) is 35.0 Å². The van der Waals surface area contributed by atoms with Crippen LogP contribution in [0.1, 0.15) is 50.7 Å². The molecule has 1 aromatic heterocycles. The summed E-state index contributed by atoms with van der Waals surface area (Å²) in [7, 11) is 0. The molecule has 0 bridgehead atoms. The number of hydrogen-bond donors (Lipinski definition) is 1. The van der Waals surface area contributed by atoms with Crippen LogP contribution in [-0.2, 0) is 17.6 Å². The summed E-state index contributed by atoms with van der Waals surface area (Å²) < 4.78 is 0. The summed E-state index contributed by atoms with van der Waals surface area (Å²) in [5.41, 5.74) is 3.93. The number of rotatable bonds is 5. The number of nitrogens with one attached hydrogen (secondary N) is 1. The van der Waals surface area contributed by atoms with Crippen molar-refractivity contribution in [2.75, 3.05) is 5.32 Å². The number of unbranched alkanes of at least 4 members (excludes halogenated alkanes) is 1. The Bertz CT molecular complexity index is 492. The summed E-state index contributed by atoms with van der Waals surface area (Å²) in [6.45, 7) is 4.28. The molecule has 2 rings (SSSR count). The number of amides is 1. The molecule has 0 aromatic carbocycles. The van der Waals surface area contributed by atoms with E-state index in [9.17, 15) is 4.79 Å². The Morgan fingerprint density at radius 2 is 2.26 bits per heavy atom. The van der Waals surface area contributed by atoms with Gasteiger partial charge in [0, 0.05) is 12.6 Å². The van der Waals surface area contributed by atoms with Crippen LogP contribution in [0.2, 0.25) is 0 Å². The van der Waals surface area contributed by atoms with Gasteiger partial charge in [0.1, 0.15) is 5.82 Å². The molecule has 1 N–H and O–H groups in total. The monoisotopic (exact) mass is 258 g/mol. The zero-order valence-electron chi connectivity index (χ0n) is 11.8. The van der Waals surface area contributed by atoms with Crippen LogP contribution in [0.15, 0.2) is 23.9 Å². The molecule has 19 heavy (non-hydrogen) atoms. The van der Waals surface area contributed by atoms with Crippen molar-refractivity contribution in [2.24, 2.45) is 0 Å². The van der Waals surface area contributed by atoms with Crippen molar-refractivity contribution >= 4 is 11.7 Å². The van der Waals surface area contributed by atoms with Gasteiger partial charge in [0.25, 0.3) is 0 Å². The molecule has 0 spiro atoms. The minimum absolute atomic E-state index is 0.0783. The van der Waals surface area contributed by atoms with E-state index in [2.05, 4.69) is 36.3 Å². The van der Waals surface area contributed by atoms with Crippen LogP contribution in [0, 0.1) is 0 Å². The number of carbonyl (C=O) groups excluding carboxylic acids is 1. The Labute approximate surface area is 115 Å². The Morgan fingerprint density at radius 1 is 1.42 bits per heavy atom. The SMILES string of the molecule is C/C=C(\C)CCCCc1cnc2c(c1)CCC(=O)N2. The highest BCUT2D eigenvalue weighted by molar-refractivity contribution is 5.92. The van der Waals surface area contributed by atoms with E-state index < -0.39 is 0 Å². The lowest BCUT2D eigenvalue weighted by Gasteiger charge is -2.16. The molecule has 3 nitrogen and oxygen atoms in total. The van der Waals surface area contributed by atoms with Gasteiger partial charge in [-0.05, 0) is 57.1 Å². The summed E-state index contributed by atoms with van der Waals surface area (Å²) in [6, 6.07) is 2.20. The van der Waals surface area contributed by atoms with E-state index in [4.69, 9.17) is 0 Å². The number of nitrogens with zero attached hydrogens (tertiary/aromatic N) is 1. The number of anilines is 1. The quantitative estimate of drug-likeness (QED) is 0.647. The average molecular weight is 258 g/mol. The van der Waals surface area contributed by atoms with Crippen LogP contribution in [0.5, 0.6) is 0 Å². The summed E-state index contributed by atoms with van der Waals surface area (Å²) >= 11 is 0. The highest BCUT2D eigenvalue weighted by atomic mass is 16.1. The van der Waals surface area contributed by atoms with E-state index in [0.29, 0.717) is 6.42 Å². The van der Waals surface area contributed by atoms with Gasteiger partial charge in [-0.25, -0.2) is 4.98 Å². The summed E-state index contributed by atoms with van der Waals surface area (Å²) in [5.74, 6) is 0.833. The maximum absolute atomic E-state index is 11.3. The fraction of sp³-hybridized carbons (Fsp3) is 0.500. The molecule has 1 aliphatic heterocycles. The first-order valence-electron chi connectivity index (χ1n) is 7.08. The summed E-state index contributed by atoms with van der Waals surface area (Å²) in [4.78, 5) is 15.6. The maximum Gasteiger partial charge on any atom is 0.225 e. The van der Waals surface area contributed by atoms with Crippen LogP contribution in [0.3, 0.4) is 0 Å². The van der Waals surface area contributed by atoms with Gasteiger partial charge in [0.2, 0.25) is 5.91 Å². The number of aromatic nitrogens is 1. The molecule has 0 saturated heterocycles. The number of hydrogen-bond acceptors (Lipinski definition) is 2. The van der Waals surface area contributed by atoms with Gasteiger partial charge in [-0.2, -0.15) is 0 Å². The molecule has 1 aromatic rings. The fourth-order valence-electron chi connectivity index (χ4n) is 2.32. The third-order valence-electron chi connectivity index (χ3n) is 3.68. The molecule has 0 fully saturated rings. The number of carbonyl (C=O) groups is 1. The Morgan fingerprint density at radius 3 is 3.05 bits per heavy atom. The second kappa shape index (κ2) is 6.50. The van der Waals surface area contributed by atoms with Crippen LogP contribution < -0.4 is 5.32 Å². The summed E-state index contributed by atoms with van der Waals surface area (Å²) in [6.07, 6.45) is 10.2.